The molecule has 0 aliphatic heterocycles. The number of benzene rings is 1. The van der Waals surface area contributed by atoms with E-state index in [1.165, 1.54) is 0 Å². The first kappa shape index (κ1) is 14.0. The number of carbonyl (C=O) groups excluding carboxylic acids is 2. The van der Waals surface area contributed by atoms with Crippen LogP contribution in [0.5, 0.6) is 5.75 Å². The van der Waals surface area contributed by atoms with Crippen LogP contribution in [-0.4, -0.2) is 25.2 Å². The van der Waals surface area contributed by atoms with Crippen molar-refractivity contribution in [2.45, 2.75) is 13.3 Å². The Bertz CT molecular complexity index is 454. The molecule has 0 fully saturated rings. The summed E-state index contributed by atoms with van der Waals surface area (Å²) < 4.78 is 44.1. The number of ether oxygens (including phenoxy) is 2. The van der Waals surface area contributed by atoms with Crippen molar-refractivity contribution in [2.75, 3.05) is 6.61 Å². The summed E-state index contributed by atoms with van der Waals surface area (Å²) in [4.78, 5) is 22.1. The van der Waals surface area contributed by atoms with E-state index < -0.39 is 18.1 Å². The van der Waals surface area contributed by atoms with Gasteiger partial charge in [0.05, 0.1) is 12.2 Å². The third-order valence-electron chi connectivity index (χ3n) is 1.88. The van der Waals surface area contributed by atoms with Crippen LogP contribution in [0.4, 0.5) is 13.2 Å². The zero-order valence-corrected chi connectivity index (χ0v) is 9.28. The van der Waals surface area contributed by atoms with Crippen LogP contribution in [0.25, 0.3) is 0 Å². The Labute approximate surface area is 100 Å². The molecule has 0 amide bonds. The van der Waals surface area contributed by atoms with E-state index in [1.807, 2.05) is 0 Å². The topological polar surface area (TPSA) is 52.6 Å². The average molecular weight is 262 g/mol. The van der Waals surface area contributed by atoms with E-state index in [1.54, 1.807) is 6.92 Å². The van der Waals surface area contributed by atoms with Gasteiger partial charge < -0.3 is 9.47 Å². The highest BCUT2D eigenvalue weighted by Gasteiger charge is 2.31. The van der Waals surface area contributed by atoms with Crippen LogP contribution < -0.4 is 4.74 Å². The second-order valence-corrected chi connectivity index (χ2v) is 3.14. The molecule has 0 aromatic heterocycles. The molecule has 0 aliphatic carbocycles. The van der Waals surface area contributed by atoms with Gasteiger partial charge in [0.25, 0.3) is 0 Å². The Balaban J connectivity index is 3.04. The lowest BCUT2D eigenvalue weighted by molar-refractivity contribution is -0.274. The summed E-state index contributed by atoms with van der Waals surface area (Å²) in [6.45, 7) is 1.66. The Kier molecular flexibility index (Phi) is 4.30. The second kappa shape index (κ2) is 5.52. The normalized spacial score (nSPS) is 10.9. The first-order valence-electron chi connectivity index (χ1n) is 4.89. The van der Waals surface area contributed by atoms with Crippen molar-refractivity contribution in [3.8, 4) is 5.75 Å². The molecular formula is C11H9F3O4. The molecule has 18 heavy (non-hydrogen) atoms. The van der Waals surface area contributed by atoms with Crippen LogP contribution in [0.1, 0.15) is 27.6 Å². The maximum Gasteiger partial charge on any atom is 0.573 e. The first-order valence-corrected chi connectivity index (χ1v) is 4.89. The molecule has 0 N–H and O–H groups in total. The van der Waals surface area contributed by atoms with Crippen LogP contribution in [0, 0.1) is 0 Å². The predicted molar refractivity (Wildman–Crippen MR) is 54.5 cm³/mol. The van der Waals surface area contributed by atoms with Crippen molar-refractivity contribution in [1.29, 1.82) is 0 Å². The molecule has 98 valence electrons. The van der Waals surface area contributed by atoms with Gasteiger partial charge >= 0.3 is 12.3 Å². The number of esters is 1. The lowest BCUT2D eigenvalue weighted by Crippen LogP contribution is -2.17. The lowest BCUT2D eigenvalue weighted by atomic mass is 10.1. The summed E-state index contributed by atoms with van der Waals surface area (Å²) in [5.41, 5.74) is -0.337. The summed E-state index contributed by atoms with van der Waals surface area (Å²) in [7, 11) is 0. The minimum absolute atomic E-state index is 0.0952. The SMILES string of the molecule is CCOC(=O)c1ccc(OC(F)(F)F)cc1C=O. The van der Waals surface area contributed by atoms with Gasteiger partial charge in [0.15, 0.2) is 6.29 Å². The third kappa shape index (κ3) is 3.76. The predicted octanol–water partition coefficient (Wildman–Crippen LogP) is 2.57. The summed E-state index contributed by atoms with van der Waals surface area (Å²) in [6, 6.07) is 2.81. The van der Waals surface area contributed by atoms with Gasteiger partial charge in [0, 0.05) is 5.56 Å². The quantitative estimate of drug-likeness (QED) is 0.618. The van der Waals surface area contributed by atoms with Crippen molar-refractivity contribution in [3.63, 3.8) is 0 Å². The molecule has 0 unspecified atom stereocenters. The Morgan fingerprint density at radius 2 is 2.06 bits per heavy atom. The molecule has 0 saturated carbocycles. The summed E-state index contributed by atoms with van der Waals surface area (Å²) in [6.07, 6.45) is -4.60. The number of carbonyl (C=O) groups is 2. The number of rotatable bonds is 4. The van der Waals surface area contributed by atoms with Crippen molar-refractivity contribution in [3.05, 3.63) is 29.3 Å². The van der Waals surface area contributed by atoms with E-state index >= 15 is 0 Å². The second-order valence-electron chi connectivity index (χ2n) is 3.14. The van der Waals surface area contributed by atoms with E-state index in [2.05, 4.69) is 9.47 Å². The van der Waals surface area contributed by atoms with Gasteiger partial charge in [-0.2, -0.15) is 0 Å². The fourth-order valence-electron chi connectivity index (χ4n) is 1.23. The van der Waals surface area contributed by atoms with E-state index in [9.17, 15) is 22.8 Å². The van der Waals surface area contributed by atoms with Crippen molar-refractivity contribution >= 4 is 12.3 Å². The molecule has 1 rings (SSSR count). The van der Waals surface area contributed by atoms with Crippen LogP contribution >= 0.6 is 0 Å². The maximum atomic E-state index is 12.0. The zero-order valence-electron chi connectivity index (χ0n) is 9.28. The lowest BCUT2D eigenvalue weighted by Gasteiger charge is -2.10. The Hall–Kier alpha value is -2.05. The number of aldehydes is 1. The van der Waals surface area contributed by atoms with E-state index in [-0.39, 0.29) is 24.0 Å². The summed E-state index contributed by atoms with van der Waals surface area (Å²) in [5, 5.41) is 0. The standard InChI is InChI=1S/C11H9F3O4/c1-2-17-10(16)9-4-3-8(5-7(9)6-15)18-11(12,13)14/h3-6H,2H2,1H3. The summed E-state index contributed by atoms with van der Waals surface area (Å²) in [5.74, 6) is -1.35. The molecule has 0 radical (unpaired) electrons. The third-order valence-corrected chi connectivity index (χ3v) is 1.88. The first-order chi connectivity index (χ1) is 8.37. The minimum Gasteiger partial charge on any atom is -0.462 e. The largest absolute Gasteiger partial charge is 0.573 e. The number of halogens is 3. The molecule has 0 spiro atoms. The van der Waals surface area contributed by atoms with Crippen molar-refractivity contribution in [1.82, 2.24) is 0 Å². The van der Waals surface area contributed by atoms with Crippen molar-refractivity contribution < 1.29 is 32.2 Å². The van der Waals surface area contributed by atoms with Gasteiger partial charge in [-0.15, -0.1) is 13.2 Å². The number of hydrogen-bond acceptors (Lipinski definition) is 4. The van der Waals surface area contributed by atoms with Gasteiger partial charge in [-0.3, -0.25) is 4.79 Å². The van der Waals surface area contributed by atoms with Crippen LogP contribution in [0.3, 0.4) is 0 Å². The zero-order chi connectivity index (χ0) is 13.8. The molecule has 0 bridgehead atoms. The molecule has 4 nitrogen and oxygen atoms in total. The van der Waals surface area contributed by atoms with Gasteiger partial charge in [0.1, 0.15) is 5.75 Å². The van der Waals surface area contributed by atoms with Crippen molar-refractivity contribution in [2.24, 2.45) is 0 Å². The molecule has 1 aromatic carbocycles. The molecular weight excluding hydrogens is 253 g/mol. The van der Waals surface area contributed by atoms with E-state index in [0.29, 0.717) is 0 Å². The highest BCUT2D eigenvalue weighted by atomic mass is 19.4. The monoisotopic (exact) mass is 262 g/mol. The number of alkyl halides is 3. The van der Waals surface area contributed by atoms with Gasteiger partial charge in [-0.1, -0.05) is 0 Å². The molecule has 7 heteroatoms. The highest BCUT2D eigenvalue weighted by Crippen LogP contribution is 2.24. The Morgan fingerprint density at radius 3 is 2.56 bits per heavy atom. The van der Waals surface area contributed by atoms with Crippen LogP contribution in [0.15, 0.2) is 18.2 Å². The Morgan fingerprint density at radius 1 is 1.39 bits per heavy atom. The fraction of sp³-hybridized carbons (Fsp3) is 0.273. The van der Waals surface area contributed by atoms with Gasteiger partial charge in [-0.05, 0) is 25.1 Å². The van der Waals surface area contributed by atoms with E-state index in [0.717, 1.165) is 18.2 Å². The van der Waals surface area contributed by atoms with Crippen LogP contribution in [0.2, 0.25) is 0 Å². The van der Waals surface area contributed by atoms with E-state index in [4.69, 9.17) is 0 Å². The van der Waals surface area contributed by atoms with Crippen LogP contribution in [-0.2, 0) is 4.74 Å². The molecule has 0 atom stereocenters. The van der Waals surface area contributed by atoms with Gasteiger partial charge in [0.2, 0.25) is 0 Å². The smallest absolute Gasteiger partial charge is 0.462 e. The average Bonchev–Trinajstić information content (AvgIpc) is 2.27. The maximum absolute atomic E-state index is 12.0. The fourth-order valence-corrected chi connectivity index (χ4v) is 1.23. The van der Waals surface area contributed by atoms with Gasteiger partial charge in [-0.25, -0.2) is 4.79 Å². The minimum atomic E-state index is -4.86. The summed E-state index contributed by atoms with van der Waals surface area (Å²) >= 11 is 0. The molecule has 0 saturated heterocycles. The highest BCUT2D eigenvalue weighted by molar-refractivity contribution is 5.98. The molecule has 0 aliphatic rings. The molecule has 1 aromatic rings. The number of hydrogen-bond donors (Lipinski definition) is 0. The molecule has 0 heterocycles.